The molecule has 0 saturated carbocycles. The second-order valence-electron chi connectivity index (χ2n) is 6.47. The van der Waals surface area contributed by atoms with E-state index in [1.54, 1.807) is 0 Å². The van der Waals surface area contributed by atoms with E-state index in [-0.39, 0.29) is 6.42 Å². The van der Waals surface area contributed by atoms with Gasteiger partial charge in [-0.2, -0.15) is 0 Å². The Morgan fingerprint density at radius 1 is 0.696 bits per heavy atom. The highest BCUT2D eigenvalue weighted by molar-refractivity contribution is 5.66. The third kappa shape index (κ3) is 21.0. The maximum Gasteiger partial charge on any atom is 0.303 e. The molecule has 0 saturated heterocycles. The Morgan fingerprint density at radius 2 is 1.13 bits per heavy atom. The molecular formula is C21H38O2. The summed E-state index contributed by atoms with van der Waals surface area (Å²) >= 11 is 0. The van der Waals surface area contributed by atoms with E-state index in [4.69, 9.17) is 5.11 Å². The molecule has 2 nitrogen and oxygen atoms in total. The summed E-state index contributed by atoms with van der Waals surface area (Å²) in [5.41, 5.74) is 0. The van der Waals surface area contributed by atoms with Crippen LogP contribution in [0.25, 0.3) is 0 Å². The maximum absolute atomic E-state index is 10.3. The Balaban J connectivity index is 3.16. The van der Waals surface area contributed by atoms with E-state index >= 15 is 0 Å². The van der Waals surface area contributed by atoms with Gasteiger partial charge in [0.25, 0.3) is 0 Å². The summed E-state index contributed by atoms with van der Waals surface area (Å²) in [5, 5.41) is 8.51. The van der Waals surface area contributed by atoms with E-state index in [2.05, 4.69) is 25.2 Å². The van der Waals surface area contributed by atoms with Gasteiger partial charge in [0.05, 0.1) is 0 Å². The highest BCUT2D eigenvalue weighted by Gasteiger charge is 1.93. The molecule has 0 aromatic rings. The zero-order valence-corrected chi connectivity index (χ0v) is 15.3. The van der Waals surface area contributed by atoms with E-state index in [0.29, 0.717) is 0 Å². The number of allylic oxidation sites excluding steroid dienone is 4. The lowest BCUT2D eigenvalue weighted by Gasteiger charge is -2.01. The maximum atomic E-state index is 10.3. The van der Waals surface area contributed by atoms with Crippen molar-refractivity contribution < 1.29 is 9.90 Å². The molecule has 0 aromatic heterocycles. The van der Waals surface area contributed by atoms with Crippen molar-refractivity contribution in [3.63, 3.8) is 0 Å². The van der Waals surface area contributed by atoms with Crippen LogP contribution in [0.5, 0.6) is 0 Å². The summed E-state index contributed by atoms with van der Waals surface area (Å²) in [7, 11) is 0. The summed E-state index contributed by atoms with van der Waals surface area (Å²) in [6, 6.07) is 0. The minimum absolute atomic E-state index is 0.271. The highest BCUT2D eigenvalue weighted by atomic mass is 16.4. The van der Waals surface area contributed by atoms with Gasteiger partial charge in [-0.05, 0) is 25.7 Å². The van der Waals surface area contributed by atoms with Crippen LogP contribution < -0.4 is 0 Å². The molecule has 0 aliphatic carbocycles. The van der Waals surface area contributed by atoms with Crippen molar-refractivity contribution in [3.8, 4) is 0 Å². The van der Waals surface area contributed by atoms with Gasteiger partial charge in [-0.15, -0.1) is 0 Å². The predicted molar refractivity (Wildman–Crippen MR) is 101 cm³/mol. The van der Waals surface area contributed by atoms with Crippen molar-refractivity contribution in [1.82, 2.24) is 0 Å². The van der Waals surface area contributed by atoms with Gasteiger partial charge in [-0.25, -0.2) is 0 Å². The first-order chi connectivity index (χ1) is 11.3. The van der Waals surface area contributed by atoms with Crippen LogP contribution in [-0.2, 0) is 4.79 Å². The van der Waals surface area contributed by atoms with Crippen LogP contribution in [-0.4, -0.2) is 11.1 Å². The first-order valence-corrected chi connectivity index (χ1v) is 9.80. The summed E-state index contributed by atoms with van der Waals surface area (Å²) in [6.07, 6.45) is 26.8. The summed E-state index contributed by atoms with van der Waals surface area (Å²) in [6.45, 7) is 2.27. The molecule has 0 atom stereocenters. The molecule has 0 fully saturated rings. The smallest absolute Gasteiger partial charge is 0.303 e. The van der Waals surface area contributed by atoms with Gasteiger partial charge in [0, 0.05) is 6.42 Å². The van der Waals surface area contributed by atoms with E-state index in [9.17, 15) is 4.79 Å². The van der Waals surface area contributed by atoms with Crippen LogP contribution in [0.15, 0.2) is 24.3 Å². The third-order valence-electron chi connectivity index (χ3n) is 4.12. The number of hydrogen-bond donors (Lipinski definition) is 1. The van der Waals surface area contributed by atoms with Crippen LogP contribution in [0, 0.1) is 0 Å². The molecule has 0 aliphatic heterocycles. The zero-order valence-electron chi connectivity index (χ0n) is 15.3. The summed E-state index contributed by atoms with van der Waals surface area (Å²) < 4.78 is 0. The van der Waals surface area contributed by atoms with Crippen molar-refractivity contribution in [3.05, 3.63) is 24.3 Å². The van der Waals surface area contributed by atoms with Crippen LogP contribution in [0.1, 0.15) is 103 Å². The topological polar surface area (TPSA) is 37.3 Å². The molecule has 0 radical (unpaired) electrons. The van der Waals surface area contributed by atoms with Crippen molar-refractivity contribution in [2.75, 3.05) is 0 Å². The molecule has 0 aromatic carbocycles. The Kier molecular flexibility index (Phi) is 18.1. The van der Waals surface area contributed by atoms with Crippen molar-refractivity contribution in [2.24, 2.45) is 0 Å². The first kappa shape index (κ1) is 21.9. The molecule has 2 heteroatoms. The van der Waals surface area contributed by atoms with Crippen molar-refractivity contribution >= 4 is 5.97 Å². The number of carboxylic acids is 1. The highest BCUT2D eigenvalue weighted by Crippen LogP contribution is 2.12. The fourth-order valence-electron chi connectivity index (χ4n) is 2.65. The molecule has 134 valence electrons. The average Bonchev–Trinajstić information content (AvgIpc) is 2.53. The molecule has 0 bridgehead atoms. The predicted octanol–water partition coefficient (Wildman–Crippen LogP) is 7.05. The minimum atomic E-state index is -0.703. The Morgan fingerprint density at radius 3 is 1.61 bits per heavy atom. The number of carbonyl (C=O) groups is 1. The Labute approximate surface area is 144 Å². The van der Waals surface area contributed by atoms with Gasteiger partial charge < -0.3 is 5.11 Å². The first-order valence-electron chi connectivity index (χ1n) is 9.80. The fraction of sp³-hybridized carbons (Fsp3) is 0.762. The van der Waals surface area contributed by atoms with Crippen molar-refractivity contribution in [2.45, 2.75) is 103 Å². The largest absolute Gasteiger partial charge is 0.481 e. The molecule has 0 unspecified atom stereocenters. The molecular weight excluding hydrogens is 284 g/mol. The average molecular weight is 323 g/mol. The van der Waals surface area contributed by atoms with Gasteiger partial charge in [0.15, 0.2) is 0 Å². The minimum Gasteiger partial charge on any atom is -0.481 e. The van der Waals surface area contributed by atoms with Crippen LogP contribution in [0.3, 0.4) is 0 Å². The van der Waals surface area contributed by atoms with Gasteiger partial charge >= 0.3 is 5.97 Å². The van der Waals surface area contributed by atoms with Gasteiger partial charge in [-0.1, -0.05) is 95.4 Å². The monoisotopic (exact) mass is 322 g/mol. The second-order valence-corrected chi connectivity index (χ2v) is 6.47. The molecule has 0 heterocycles. The molecule has 0 amide bonds. The van der Waals surface area contributed by atoms with E-state index in [1.165, 1.54) is 70.6 Å². The van der Waals surface area contributed by atoms with Crippen molar-refractivity contribution in [1.29, 1.82) is 0 Å². The third-order valence-corrected chi connectivity index (χ3v) is 4.12. The normalized spacial score (nSPS) is 11.7. The van der Waals surface area contributed by atoms with Crippen LogP contribution in [0.2, 0.25) is 0 Å². The lowest BCUT2D eigenvalue weighted by atomic mass is 10.1. The molecule has 23 heavy (non-hydrogen) atoms. The quantitative estimate of drug-likeness (QED) is 0.230. The Bertz CT molecular complexity index is 305. The fourth-order valence-corrected chi connectivity index (χ4v) is 2.65. The number of carboxylic acid groups (broad SMARTS) is 1. The molecule has 0 rings (SSSR count). The van der Waals surface area contributed by atoms with Crippen LogP contribution >= 0.6 is 0 Å². The summed E-state index contributed by atoms with van der Waals surface area (Å²) in [4.78, 5) is 10.3. The molecule has 1 N–H and O–H groups in total. The second kappa shape index (κ2) is 19.0. The number of hydrogen-bond acceptors (Lipinski definition) is 1. The number of aliphatic carboxylic acids is 1. The molecule has 0 aliphatic rings. The standard InChI is InChI=1S/C21H38O2/c1-2-3-4-5-6-7-8-9-10-11-12-13-14-15-16-17-18-19-20-21(22)23/h14-17H,2-13,18-20H2,1H3,(H,22,23). The van der Waals surface area contributed by atoms with Gasteiger partial charge in [0.2, 0.25) is 0 Å². The lowest BCUT2D eigenvalue weighted by molar-refractivity contribution is -0.137. The summed E-state index contributed by atoms with van der Waals surface area (Å²) in [5.74, 6) is -0.703. The SMILES string of the molecule is CCCCCCCCCCCCCC=CC=CCCCC(=O)O. The Hall–Kier alpha value is -1.05. The van der Waals surface area contributed by atoms with E-state index in [0.717, 1.165) is 19.3 Å². The number of rotatable bonds is 17. The van der Waals surface area contributed by atoms with E-state index < -0.39 is 5.97 Å². The molecule has 0 spiro atoms. The van der Waals surface area contributed by atoms with Crippen LogP contribution in [0.4, 0.5) is 0 Å². The number of unbranched alkanes of at least 4 members (excludes halogenated alkanes) is 12. The van der Waals surface area contributed by atoms with Gasteiger partial charge in [0.1, 0.15) is 0 Å². The zero-order chi connectivity index (χ0) is 17.0. The van der Waals surface area contributed by atoms with E-state index in [1.807, 2.05) is 6.08 Å². The van der Waals surface area contributed by atoms with Gasteiger partial charge in [-0.3, -0.25) is 4.79 Å². The lowest BCUT2D eigenvalue weighted by Crippen LogP contribution is -1.92.